The van der Waals surface area contributed by atoms with Crippen LogP contribution in [0.3, 0.4) is 0 Å². The second-order valence-electron chi connectivity index (χ2n) is 7.36. The van der Waals surface area contributed by atoms with Gasteiger partial charge in [-0.05, 0) is 42.2 Å². The number of hydrogen-bond donors (Lipinski definition) is 1. The number of aryl methyl sites for hydroxylation is 1. The molecule has 30 heavy (non-hydrogen) atoms. The fourth-order valence-corrected chi connectivity index (χ4v) is 4.43. The molecule has 2 heterocycles. The first-order valence-electron chi connectivity index (χ1n) is 9.81. The molecule has 1 aromatic heterocycles. The highest BCUT2D eigenvalue weighted by Gasteiger charge is 2.22. The Morgan fingerprint density at radius 3 is 2.63 bits per heavy atom. The molecule has 0 atom stereocenters. The van der Waals surface area contributed by atoms with E-state index >= 15 is 0 Å². The van der Waals surface area contributed by atoms with Crippen LogP contribution >= 0.6 is 11.8 Å². The van der Waals surface area contributed by atoms with Crippen molar-refractivity contribution in [3.8, 4) is 0 Å². The number of nitrogens with zero attached hydrogens (tertiary/aromatic N) is 2. The zero-order valence-electron chi connectivity index (χ0n) is 16.7. The number of halogens is 1. The van der Waals surface area contributed by atoms with Gasteiger partial charge in [0.2, 0.25) is 5.91 Å². The molecule has 7 heteroatoms. The molecule has 0 spiro atoms. The highest BCUT2D eigenvalue weighted by molar-refractivity contribution is 7.98. The minimum absolute atomic E-state index is 0.0409. The molecule has 4 rings (SSSR count). The van der Waals surface area contributed by atoms with Crippen LogP contribution in [0.15, 0.2) is 58.5 Å². The summed E-state index contributed by atoms with van der Waals surface area (Å²) in [5.74, 6) is 0.220. The van der Waals surface area contributed by atoms with Gasteiger partial charge in [-0.15, -0.1) is 0 Å². The lowest BCUT2D eigenvalue weighted by molar-refractivity contribution is -0.131. The van der Waals surface area contributed by atoms with Gasteiger partial charge in [-0.2, -0.15) is 0 Å². The number of benzene rings is 2. The normalized spacial score (nSPS) is 13.2. The molecule has 0 saturated heterocycles. The van der Waals surface area contributed by atoms with Gasteiger partial charge < -0.3 is 9.88 Å². The summed E-state index contributed by atoms with van der Waals surface area (Å²) in [7, 11) is 0. The fraction of sp³-hybridized carbons (Fsp3) is 0.261. The molecule has 1 aliphatic rings. The van der Waals surface area contributed by atoms with E-state index in [1.807, 2.05) is 18.2 Å². The number of H-pyrrole nitrogens is 1. The lowest BCUT2D eigenvalue weighted by Gasteiger charge is -2.29. The Balaban J connectivity index is 1.42. The minimum Gasteiger partial charge on any atom is -0.338 e. The number of nitrogens with one attached hydrogen (secondary N) is 1. The molecular formula is C23H22FN3O2S. The predicted molar refractivity (Wildman–Crippen MR) is 115 cm³/mol. The topological polar surface area (TPSA) is 66.1 Å². The zero-order chi connectivity index (χ0) is 21.1. The summed E-state index contributed by atoms with van der Waals surface area (Å²) in [6, 6.07) is 14.4. The van der Waals surface area contributed by atoms with Crippen molar-refractivity contribution in [1.82, 2.24) is 14.9 Å². The number of rotatable bonds is 5. The number of aromatic nitrogens is 2. The standard InChI is InChI=1S/C23H22FN3O2S/c1-15-20(12-21(28)27-11-10-17-4-2-3-5-18(17)13-27)22(29)26-23(25-15)30-14-16-6-8-19(24)9-7-16/h2-9H,10-14H2,1H3,(H,25,26,29). The largest absolute Gasteiger partial charge is 0.338 e. The van der Waals surface area contributed by atoms with Crippen LogP contribution in [0.1, 0.15) is 27.9 Å². The highest BCUT2D eigenvalue weighted by Crippen LogP contribution is 2.21. The molecular weight excluding hydrogens is 401 g/mol. The summed E-state index contributed by atoms with van der Waals surface area (Å²) in [6.07, 6.45) is 0.869. The van der Waals surface area contributed by atoms with Crippen LogP contribution < -0.4 is 5.56 Å². The van der Waals surface area contributed by atoms with Crippen LogP contribution in [0.5, 0.6) is 0 Å². The van der Waals surface area contributed by atoms with E-state index in [4.69, 9.17) is 0 Å². The van der Waals surface area contributed by atoms with Gasteiger partial charge in [-0.25, -0.2) is 9.37 Å². The lowest BCUT2D eigenvalue weighted by Crippen LogP contribution is -2.38. The van der Waals surface area contributed by atoms with Crippen molar-refractivity contribution in [2.24, 2.45) is 0 Å². The summed E-state index contributed by atoms with van der Waals surface area (Å²) < 4.78 is 13.0. The molecule has 1 amide bonds. The summed E-state index contributed by atoms with van der Waals surface area (Å²) in [4.78, 5) is 34.5. The number of carbonyl (C=O) groups is 1. The second kappa shape index (κ2) is 8.83. The molecule has 1 aliphatic heterocycles. The van der Waals surface area contributed by atoms with Gasteiger partial charge in [-0.1, -0.05) is 48.2 Å². The molecule has 0 saturated carbocycles. The van der Waals surface area contributed by atoms with E-state index in [9.17, 15) is 14.0 Å². The van der Waals surface area contributed by atoms with Crippen molar-refractivity contribution in [3.63, 3.8) is 0 Å². The first kappa shape index (κ1) is 20.3. The SMILES string of the molecule is Cc1nc(SCc2ccc(F)cc2)[nH]c(=O)c1CC(=O)N1CCc2ccccc2C1. The first-order chi connectivity index (χ1) is 14.5. The molecule has 3 aromatic rings. The molecule has 1 N–H and O–H groups in total. The Bertz CT molecular complexity index is 1130. The molecule has 0 fully saturated rings. The Hall–Kier alpha value is -2.93. The molecule has 0 unspecified atom stereocenters. The molecule has 0 bridgehead atoms. The van der Waals surface area contributed by atoms with Gasteiger partial charge in [-0.3, -0.25) is 9.59 Å². The summed E-state index contributed by atoms with van der Waals surface area (Å²) in [5, 5.41) is 0.491. The van der Waals surface area contributed by atoms with Gasteiger partial charge in [0.25, 0.3) is 5.56 Å². The van der Waals surface area contributed by atoms with E-state index in [1.165, 1.54) is 29.5 Å². The van der Waals surface area contributed by atoms with Crippen molar-refractivity contribution in [1.29, 1.82) is 0 Å². The summed E-state index contributed by atoms with van der Waals surface area (Å²) in [5.41, 5.74) is 4.06. The fourth-order valence-electron chi connectivity index (χ4n) is 3.57. The van der Waals surface area contributed by atoms with Gasteiger partial charge in [0.1, 0.15) is 5.82 Å². The summed E-state index contributed by atoms with van der Waals surface area (Å²) >= 11 is 1.37. The van der Waals surface area contributed by atoms with E-state index in [2.05, 4.69) is 16.0 Å². The zero-order valence-corrected chi connectivity index (χ0v) is 17.5. The molecule has 154 valence electrons. The summed E-state index contributed by atoms with van der Waals surface area (Å²) in [6.45, 7) is 2.99. The van der Waals surface area contributed by atoms with Crippen molar-refractivity contribution in [3.05, 3.63) is 92.6 Å². The third-order valence-corrected chi connectivity index (χ3v) is 6.25. The smallest absolute Gasteiger partial charge is 0.255 e. The maximum absolute atomic E-state index is 13.0. The Morgan fingerprint density at radius 2 is 1.90 bits per heavy atom. The lowest BCUT2D eigenvalue weighted by atomic mass is 9.99. The Labute approximate surface area is 178 Å². The van der Waals surface area contributed by atoms with Gasteiger partial charge >= 0.3 is 0 Å². The van der Waals surface area contributed by atoms with E-state index in [0.29, 0.717) is 35.3 Å². The monoisotopic (exact) mass is 423 g/mol. The number of amides is 1. The van der Waals surface area contributed by atoms with E-state index in [-0.39, 0.29) is 23.7 Å². The van der Waals surface area contributed by atoms with E-state index in [1.54, 1.807) is 24.0 Å². The third-order valence-electron chi connectivity index (χ3n) is 5.30. The molecule has 2 aromatic carbocycles. The van der Waals surface area contributed by atoms with Gasteiger partial charge in [0, 0.05) is 30.1 Å². The van der Waals surface area contributed by atoms with Crippen LogP contribution in [0.25, 0.3) is 0 Å². The quantitative estimate of drug-likeness (QED) is 0.503. The van der Waals surface area contributed by atoms with Crippen molar-refractivity contribution in [2.75, 3.05) is 6.54 Å². The van der Waals surface area contributed by atoms with Crippen LogP contribution in [0.4, 0.5) is 4.39 Å². The van der Waals surface area contributed by atoms with Crippen LogP contribution in [0.2, 0.25) is 0 Å². The average Bonchev–Trinajstić information content (AvgIpc) is 2.75. The van der Waals surface area contributed by atoms with Crippen molar-refractivity contribution < 1.29 is 9.18 Å². The predicted octanol–water partition coefficient (Wildman–Crippen LogP) is 3.64. The first-order valence-corrected chi connectivity index (χ1v) is 10.8. The Morgan fingerprint density at radius 1 is 1.17 bits per heavy atom. The Kier molecular flexibility index (Phi) is 5.99. The van der Waals surface area contributed by atoms with Gasteiger partial charge in [0.05, 0.1) is 6.42 Å². The second-order valence-corrected chi connectivity index (χ2v) is 8.33. The maximum Gasteiger partial charge on any atom is 0.255 e. The van der Waals surface area contributed by atoms with Crippen molar-refractivity contribution >= 4 is 17.7 Å². The maximum atomic E-state index is 13.0. The number of carbonyl (C=O) groups excluding carboxylic acids is 1. The van der Waals surface area contributed by atoms with Gasteiger partial charge in [0.15, 0.2) is 5.16 Å². The average molecular weight is 424 g/mol. The third kappa shape index (κ3) is 4.62. The number of aromatic amines is 1. The molecule has 0 aliphatic carbocycles. The van der Waals surface area contributed by atoms with Crippen LogP contribution in [-0.2, 0) is 29.9 Å². The van der Waals surface area contributed by atoms with Crippen molar-refractivity contribution in [2.45, 2.75) is 37.2 Å². The molecule has 5 nitrogen and oxygen atoms in total. The minimum atomic E-state index is -0.283. The number of thioether (sulfide) groups is 1. The van der Waals surface area contributed by atoms with E-state index in [0.717, 1.165) is 17.5 Å². The van der Waals surface area contributed by atoms with E-state index < -0.39 is 0 Å². The molecule has 0 radical (unpaired) electrons. The number of fused-ring (bicyclic) bond motifs is 1. The number of hydrogen-bond acceptors (Lipinski definition) is 4. The highest BCUT2D eigenvalue weighted by atomic mass is 32.2. The van der Waals surface area contributed by atoms with Crippen LogP contribution in [0, 0.1) is 12.7 Å². The van der Waals surface area contributed by atoms with Crippen LogP contribution in [-0.4, -0.2) is 27.3 Å².